The summed E-state index contributed by atoms with van der Waals surface area (Å²) in [6, 6.07) is 0. The Balaban J connectivity index is 3.59. The number of hydrogen-bond donors (Lipinski definition) is 1. The van der Waals surface area contributed by atoms with E-state index < -0.39 is 0 Å². The molecule has 0 bridgehead atoms. The Hall–Kier alpha value is -0.390. The van der Waals surface area contributed by atoms with Gasteiger partial charge in [-0.05, 0) is 19.4 Å². The molecule has 0 aromatic rings. The molecule has 0 radical (unpaired) electrons. The van der Waals surface area contributed by atoms with Gasteiger partial charge in [-0.25, -0.2) is 0 Å². The third kappa shape index (κ3) is 7.71. The molecule has 12 heavy (non-hydrogen) atoms. The maximum absolute atomic E-state index is 3.91. The van der Waals surface area contributed by atoms with Crippen LogP contribution in [0.15, 0.2) is 36.5 Å². The molecule has 2 heteroatoms. The van der Waals surface area contributed by atoms with Crippen LogP contribution in [0.4, 0.5) is 0 Å². The van der Waals surface area contributed by atoms with Crippen molar-refractivity contribution in [2.45, 2.75) is 19.6 Å². The van der Waals surface area contributed by atoms with Crippen LogP contribution in [0.25, 0.3) is 0 Å². The minimum Gasteiger partial charge on any atom is -0.307 e. The summed E-state index contributed by atoms with van der Waals surface area (Å²) >= 11 is 0. The van der Waals surface area contributed by atoms with E-state index in [-0.39, 0.29) is 0 Å². The summed E-state index contributed by atoms with van der Waals surface area (Å²) in [6.45, 7) is 8.84. The zero-order valence-electron chi connectivity index (χ0n) is 7.88. The summed E-state index contributed by atoms with van der Waals surface area (Å²) in [5.41, 5.74) is 1.10. The van der Waals surface area contributed by atoms with Gasteiger partial charge in [0.25, 0.3) is 0 Å². The summed E-state index contributed by atoms with van der Waals surface area (Å²) < 4.78 is 0. The third-order valence-corrected chi connectivity index (χ3v) is 1.52. The minimum absolute atomic E-state index is 0.442. The van der Waals surface area contributed by atoms with Crippen LogP contribution < -0.4 is 5.32 Å². The molecule has 0 aromatic carbocycles. The van der Waals surface area contributed by atoms with Crippen molar-refractivity contribution in [2.24, 2.45) is 0 Å². The molecule has 0 saturated heterocycles. The predicted octanol–water partition coefficient (Wildman–Crippen LogP) is 2.49. The van der Waals surface area contributed by atoms with Gasteiger partial charge in [-0.15, -0.1) is 9.24 Å². The molecule has 1 nitrogen and oxygen atoms in total. The first-order valence-corrected chi connectivity index (χ1v) is 4.79. The molecule has 0 fully saturated rings. The van der Waals surface area contributed by atoms with Gasteiger partial charge < -0.3 is 5.32 Å². The van der Waals surface area contributed by atoms with Crippen molar-refractivity contribution in [1.82, 2.24) is 5.32 Å². The van der Waals surface area contributed by atoms with Crippen molar-refractivity contribution in [3.8, 4) is 0 Å². The van der Waals surface area contributed by atoms with E-state index in [0.29, 0.717) is 5.78 Å². The maximum Gasteiger partial charge on any atom is 0.0205 e. The highest BCUT2D eigenvalue weighted by Crippen LogP contribution is 1.96. The monoisotopic (exact) mass is 183 g/mol. The van der Waals surface area contributed by atoms with Gasteiger partial charge in [-0.1, -0.05) is 30.9 Å². The Bertz CT molecular complexity index is 180. The Morgan fingerprint density at radius 1 is 1.58 bits per heavy atom. The van der Waals surface area contributed by atoms with Crippen molar-refractivity contribution in [3.63, 3.8) is 0 Å². The molecule has 0 aliphatic carbocycles. The Morgan fingerprint density at radius 2 is 2.25 bits per heavy atom. The smallest absolute Gasteiger partial charge is 0.0205 e. The molecular weight excluding hydrogens is 165 g/mol. The van der Waals surface area contributed by atoms with Crippen molar-refractivity contribution in [3.05, 3.63) is 36.5 Å². The van der Waals surface area contributed by atoms with Gasteiger partial charge in [0, 0.05) is 12.3 Å². The summed E-state index contributed by atoms with van der Waals surface area (Å²) in [4.78, 5) is 0. The van der Waals surface area contributed by atoms with Crippen molar-refractivity contribution in [2.75, 3.05) is 6.54 Å². The van der Waals surface area contributed by atoms with Crippen LogP contribution in [-0.4, -0.2) is 12.3 Å². The first-order chi connectivity index (χ1) is 5.66. The fraction of sp³-hybridized carbons (Fsp3) is 0.400. The molecule has 68 valence electrons. The normalized spacial score (nSPS) is 14.2. The molecule has 2 atom stereocenters. The molecule has 0 rings (SSSR count). The van der Waals surface area contributed by atoms with Gasteiger partial charge in [-0.2, -0.15) is 0 Å². The third-order valence-electron chi connectivity index (χ3n) is 1.29. The van der Waals surface area contributed by atoms with E-state index in [1.165, 1.54) is 0 Å². The first kappa shape index (κ1) is 11.6. The van der Waals surface area contributed by atoms with Crippen LogP contribution in [0.1, 0.15) is 13.8 Å². The van der Waals surface area contributed by atoms with Gasteiger partial charge in [0.2, 0.25) is 0 Å². The topological polar surface area (TPSA) is 12.0 Å². The van der Waals surface area contributed by atoms with E-state index in [0.717, 1.165) is 12.1 Å². The lowest BCUT2D eigenvalue weighted by Crippen LogP contribution is -2.21. The largest absolute Gasteiger partial charge is 0.307 e. The van der Waals surface area contributed by atoms with Crippen molar-refractivity contribution < 1.29 is 0 Å². The van der Waals surface area contributed by atoms with Gasteiger partial charge in [0.15, 0.2) is 0 Å². The molecular formula is C10H18NP. The molecule has 1 N–H and O–H groups in total. The summed E-state index contributed by atoms with van der Waals surface area (Å²) in [5.74, 6) is 0.442. The van der Waals surface area contributed by atoms with E-state index >= 15 is 0 Å². The predicted molar refractivity (Wildman–Crippen MR) is 60.3 cm³/mol. The van der Waals surface area contributed by atoms with Crippen molar-refractivity contribution >= 4 is 9.24 Å². The molecule has 0 aliphatic heterocycles. The Kier molecular flexibility index (Phi) is 7.03. The number of hydrogen-bond acceptors (Lipinski definition) is 1. The fourth-order valence-corrected chi connectivity index (χ4v) is 0.772. The zero-order chi connectivity index (χ0) is 9.40. The highest BCUT2D eigenvalue weighted by atomic mass is 31.0. The number of nitrogens with one attached hydrogen (secondary N) is 1. The molecule has 0 aromatic heterocycles. The Labute approximate surface area is 77.8 Å². The lowest BCUT2D eigenvalue weighted by Gasteiger charge is -2.06. The second-order valence-corrected chi connectivity index (χ2v) is 3.71. The van der Waals surface area contributed by atoms with Gasteiger partial charge in [0.1, 0.15) is 0 Å². The van der Waals surface area contributed by atoms with Crippen LogP contribution in [-0.2, 0) is 0 Å². The summed E-state index contributed by atoms with van der Waals surface area (Å²) in [6.07, 6.45) is 8.00. The lowest BCUT2D eigenvalue weighted by molar-refractivity contribution is 0.740. The number of allylic oxidation sites excluding steroid dienone is 3. The van der Waals surface area contributed by atoms with Gasteiger partial charge in [-0.3, -0.25) is 0 Å². The molecule has 0 spiro atoms. The molecule has 0 aliphatic rings. The SMILES string of the molecule is C=C(/C=C\C=C/C)CNC(C)P. The Morgan fingerprint density at radius 3 is 2.75 bits per heavy atom. The lowest BCUT2D eigenvalue weighted by atomic mass is 10.2. The quantitative estimate of drug-likeness (QED) is 0.510. The van der Waals surface area contributed by atoms with Crippen LogP contribution in [0, 0.1) is 0 Å². The second-order valence-electron chi connectivity index (χ2n) is 2.71. The van der Waals surface area contributed by atoms with E-state index in [2.05, 4.69) is 28.1 Å². The molecule has 0 heterocycles. The highest BCUT2D eigenvalue weighted by Gasteiger charge is 1.91. The number of rotatable bonds is 5. The van der Waals surface area contributed by atoms with Crippen LogP contribution in [0.5, 0.6) is 0 Å². The standard InChI is InChI=1S/C10H18NP/c1-4-5-6-7-9(2)8-11-10(3)12/h4-7,10-11H,2,8,12H2,1,3H3/b5-4-,7-6-. The highest BCUT2D eigenvalue weighted by molar-refractivity contribution is 7.17. The van der Waals surface area contributed by atoms with Crippen molar-refractivity contribution in [1.29, 1.82) is 0 Å². The van der Waals surface area contributed by atoms with Crippen LogP contribution >= 0.6 is 9.24 Å². The van der Waals surface area contributed by atoms with Gasteiger partial charge in [0.05, 0.1) is 0 Å². The maximum atomic E-state index is 3.91. The second kappa shape index (κ2) is 7.27. The zero-order valence-corrected chi connectivity index (χ0v) is 9.03. The van der Waals surface area contributed by atoms with E-state index in [4.69, 9.17) is 0 Å². The van der Waals surface area contributed by atoms with E-state index in [9.17, 15) is 0 Å². The molecule has 0 amide bonds. The fourth-order valence-electron chi connectivity index (χ4n) is 0.654. The summed E-state index contributed by atoms with van der Waals surface area (Å²) in [7, 11) is 2.69. The minimum atomic E-state index is 0.442. The van der Waals surface area contributed by atoms with E-state index in [1.807, 2.05) is 31.2 Å². The van der Waals surface area contributed by atoms with Crippen LogP contribution in [0.3, 0.4) is 0 Å². The van der Waals surface area contributed by atoms with E-state index in [1.54, 1.807) is 0 Å². The summed E-state index contributed by atoms with van der Waals surface area (Å²) in [5, 5.41) is 3.26. The molecule has 2 unspecified atom stereocenters. The average molecular weight is 183 g/mol. The first-order valence-electron chi connectivity index (χ1n) is 4.13. The molecule has 0 saturated carbocycles. The van der Waals surface area contributed by atoms with Crippen LogP contribution in [0.2, 0.25) is 0 Å². The average Bonchev–Trinajstić information content (AvgIpc) is 2.01. The van der Waals surface area contributed by atoms with Gasteiger partial charge >= 0.3 is 0 Å².